The summed E-state index contributed by atoms with van der Waals surface area (Å²) in [7, 11) is 0. The predicted molar refractivity (Wildman–Crippen MR) is 121 cm³/mol. The number of aliphatic imine (C=N–C) groups is 1. The number of amidine groups is 1. The van der Waals surface area contributed by atoms with Gasteiger partial charge in [0.1, 0.15) is 11.7 Å². The standard InChI is InChI=1S/C23H21BrFN5O2/c1-23-18(24)8-7-17(25)19(23)16(13-28-23)20(31)22(32)30-11-9-29(10-12-30)21(27-14-26)15-5-3-2-4-6-15/h2-8,13,18,28H,9-12H2,1H3. The Bertz CT molecular complexity index is 1110. The molecule has 0 radical (unpaired) electrons. The number of carbonyl (C=O) groups excluding carboxylic acids is 2. The number of amides is 1. The van der Waals surface area contributed by atoms with E-state index in [1.807, 2.05) is 41.4 Å². The lowest BCUT2D eigenvalue weighted by molar-refractivity contribution is -0.143. The zero-order valence-corrected chi connectivity index (χ0v) is 19.0. The number of benzene rings is 1. The minimum atomic E-state index is -0.832. The highest BCUT2D eigenvalue weighted by molar-refractivity contribution is 9.09. The van der Waals surface area contributed by atoms with Gasteiger partial charge in [0.25, 0.3) is 11.7 Å². The van der Waals surface area contributed by atoms with Gasteiger partial charge in [0.05, 0.1) is 15.9 Å². The van der Waals surface area contributed by atoms with Crippen molar-refractivity contribution in [2.24, 2.45) is 4.99 Å². The van der Waals surface area contributed by atoms with Gasteiger partial charge in [0, 0.05) is 43.5 Å². The van der Waals surface area contributed by atoms with Crippen molar-refractivity contribution in [2.45, 2.75) is 17.3 Å². The second kappa shape index (κ2) is 8.71. The number of carbonyl (C=O) groups is 2. The Morgan fingerprint density at radius 1 is 1.22 bits per heavy atom. The number of nitrogens with one attached hydrogen (secondary N) is 1. The highest BCUT2D eigenvalue weighted by Gasteiger charge is 2.47. The van der Waals surface area contributed by atoms with Crippen LogP contribution in [0.25, 0.3) is 0 Å². The van der Waals surface area contributed by atoms with Crippen molar-refractivity contribution in [1.29, 1.82) is 5.26 Å². The number of allylic oxidation sites excluding steroid dienone is 2. The number of nitrogens with zero attached hydrogens (tertiary/aromatic N) is 4. The van der Waals surface area contributed by atoms with E-state index in [1.54, 1.807) is 13.0 Å². The second-order valence-electron chi connectivity index (χ2n) is 7.90. The third-order valence-corrected chi connectivity index (χ3v) is 7.22. The first-order valence-electron chi connectivity index (χ1n) is 10.2. The third kappa shape index (κ3) is 3.75. The molecule has 1 saturated heterocycles. The van der Waals surface area contributed by atoms with Crippen molar-refractivity contribution in [3.63, 3.8) is 0 Å². The van der Waals surface area contributed by atoms with E-state index in [0.717, 1.165) is 5.56 Å². The van der Waals surface area contributed by atoms with Gasteiger partial charge in [-0.15, -0.1) is 0 Å². The molecular weight excluding hydrogens is 477 g/mol. The minimum Gasteiger partial charge on any atom is -0.379 e. The number of Topliss-reactive ketones (excluding diaryl/α,β-unsaturated/α-hetero) is 1. The Morgan fingerprint density at radius 2 is 1.88 bits per heavy atom. The molecule has 2 atom stereocenters. The van der Waals surface area contributed by atoms with Crippen molar-refractivity contribution in [3.8, 4) is 6.19 Å². The summed E-state index contributed by atoms with van der Waals surface area (Å²) in [6.07, 6.45) is 6.25. The molecule has 1 fully saturated rings. The van der Waals surface area contributed by atoms with Crippen LogP contribution in [0.3, 0.4) is 0 Å². The van der Waals surface area contributed by atoms with Gasteiger partial charge in [0.2, 0.25) is 6.19 Å². The zero-order chi connectivity index (χ0) is 22.9. The first-order chi connectivity index (χ1) is 15.4. The summed E-state index contributed by atoms with van der Waals surface area (Å²) >= 11 is 3.49. The summed E-state index contributed by atoms with van der Waals surface area (Å²) in [6, 6.07) is 9.34. The topological polar surface area (TPSA) is 88.8 Å². The number of hydrogen-bond donors (Lipinski definition) is 1. The van der Waals surface area contributed by atoms with Crippen LogP contribution in [-0.4, -0.2) is 63.9 Å². The molecule has 0 aromatic heterocycles. The molecule has 2 unspecified atom stereocenters. The number of fused-ring (bicyclic) bond motifs is 1. The van der Waals surface area contributed by atoms with Crippen LogP contribution in [0.5, 0.6) is 0 Å². The molecule has 1 N–H and O–H groups in total. The summed E-state index contributed by atoms with van der Waals surface area (Å²) in [6.45, 7) is 3.22. The van der Waals surface area contributed by atoms with E-state index in [4.69, 9.17) is 5.26 Å². The first kappa shape index (κ1) is 22.0. The highest BCUT2D eigenvalue weighted by Crippen LogP contribution is 2.42. The number of halogens is 2. The molecule has 32 heavy (non-hydrogen) atoms. The number of rotatable bonds is 3. The third-order valence-electron chi connectivity index (χ3n) is 6.00. The van der Waals surface area contributed by atoms with Crippen LogP contribution in [0, 0.1) is 11.5 Å². The summed E-state index contributed by atoms with van der Waals surface area (Å²) in [5.74, 6) is -1.38. The minimum absolute atomic E-state index is 0.0576. The van der Waals surface area contributed by atoms with E-state index in [-0.39, 0.29) is 16.0 Å². The molecule has 0 saturated carbocycles. The average molecular weight is 498 g/mol. The molecule has 1 aromatic rings. The zero-order valence-electron chi connectivity index (χ0n) is 17.4. The van der Waals surface area contributed by atoms with E-state index in [9.17, 15) is 14.0 Å². The molecule has 9 heteroatoms. The Hall–Kier alpha value is -3.25. The summed E-state index contributed by atoms with van der Waals surface area (Å²) in [5, 5.41) is 12.1. The molecule has 0 bridgehead atoms. The van der Waals surface area contributed by atoms with Crippen LogP contribution in [-0.2, 0) is 9.59 Å². The fraction of sp³-hybridized carbons (Fsp3) is 0.304. The Morgan fingerprint density at radius 3 is 2.53 bits per heavy atom. The largest absolute Gasteiger partial charge is 0.379 e. The lowest BCUT2D eigenvalue weighted by atomic mass is 9.82. The van der Waals surface area contributed by atoms with Crippen molar-refractivity contribution in [2.75, 3.05) is 26.2 Å². The average Bonchev–Trinajstić information content (AvgIpc) is 3.19. The van der Waals surface area contributed by atoms with Crippen molar-refractivity contribution >= 4 is 33.5 Å². The Labute approximate surface area is 193 Å². The van der Waals surface area contributed by atoms with Gasteiger partial charge in [0.15, 0.2) is 0 Å². The van der Waals surface area contributed by atoms with Gasteiger partial charge >= 0.3 is 0 Å². The van der Waals surface area contributed by atoms with Crippen LogP contribution in [0.15, 0.2) is 70.6 Å². The number of nitriles is 1. The molecule has 3 aliphatic rings. The van der Waals surface area contributed by atoms with Gasteiger partial charge in [-0.1, -0.05) is 52.3 Å². The summed E-state index contributed by atoms with van der Waals surface area (Å²) in [4.78, 5) is 33.1. The normalized spacial score (nSPS) is 25.1. The predicted octanol–water partition coefficient (Wildman–Crippen LogP) is 2.43. The molecule has 164 valence electrons. The second-order valence-corrected chi connectivity index (χ2v) is 8.88. The van der Waals surface area contributed by atoms with Crippen molar-refractivity contribution < 1.29 is 14.0 Å². The molecule has 1 aliphatic carbocycles. The quantitative estimate of drug-likeness (QED) is 0.228. The molecule has 1 aromatic carbocycles. The van der Waals surface area contributed by atoms with Gasteiger partial charge in [-0.05, 0) is 13.0 Å². The molecule has 4 rings (SSSR count). The van der Waals surface area contributed by atoms with Crippen LogP contribution in [0.1, 0.15) is 12.5 Å². The van der Waals surface area contributed by atoms with Gasteiger partial charge in [-0.3, -0.25) is 9.59 Å². The molecule has 7 nitrogen and oxygen atoms in total. The lowest BCUT2D eigenvalue weighted by Crippen LogP contribution is -2.52. The van der Waals surface area contributed by atoms with Crippen molar-refractivity contribution in [1.82, 2.24) is 15.1 Å². The van der Waals surface area contributed by atoms with E-state index < -0.39 is 23.1 Å². The van der Waals surface area contributed by atoms with E-state index >= 15 is 0 Å². The summed E-state index contributed by atoms with van der Waals surface area (Å²) < 4.78 is 14.6. The number of hydrogen-bond acceptors (Lipinski definition) is 5. The maximum atomic E-state index is 14.6. The lowest BCUT2D eigenvalue weighted by Gasteiger charge is -2.36. The highest BCUT2D eigenvalue weighted by atomic mass is 79.9. The van der Waals surface area contributed by atoms with E-state index in [2.05, 4.69) is 26.2 Å². The van der Waals surface area contributed by atoms with Crippen LogP contribution >= 0.6 is 15.9 Å². The molecule has 0 spiro atoms. The fourth-order valence-electron chi connectivity index (χ4n) is 4.20. The van der Waals surface area contributed by atoms with Gasteiger partial charge < -0.3 is 15.1 Å². The molecular formula is C23H21BrFN5O2. The Balaban J connectivity index is 1.46. The molecule has 1 amide bonds. The smallest absolute Gasteiger partial charge is 0.295 e. The van der Waals surface area contributed by atoms with Gasteiger partial charge in [-0.2, -0.15) is 10.3 Å². The maximum Gasteiger partial charge on any atom is 0.295 e. The number of ketones is 1. The molecule has 2 aliphatic heterocycles. The summed E-state index contributed by atoms with van der Waals surface area (Å²) in [5.41, 5.74) is 0.235. The van der Waals surface area contributed by atoms with Gasteiger partial charge in [-0.25, -0.2) is 4.39 Å². The van der Waals surface area contributed by atoms with E-state index in [0.29, 0.717) is 32.0 Å². The van der Waals surface area contributed by atoms with Crippen molar-refractivity contribution in [3.05, 3.63) is 71.2 Å². The van der Waals surface area contributed by atoms with E-state index in [1.165, 1.54) is 17.2 Å². The number of alkyl halides is 1. The Kier molecular flexibility index (Phi) is 5.98. The maximum absolute atomic E-state index is 14.6. The first-order valence-corrected chi connectivity index (χ1v) is 11.1. The molecule has 2 heterocycles. The SMILES string of the molecule is CC12NC=C(C(=O)C(=O)N3CCN(C(=NC#N)c4ccccc4)CC3)C1=C(F)C=CC2Br. The van der Waals surface area contributed by atoms with Crippen LogP contribution in [0.4, 0.5) is 4.39 Å². The van der Waals surface area contributed by atoms with Crippen LogP contribution in [0.2, 0.25) is 0 Å². The fourth-order valence-corrected chi connectivity index (χ4v) is 4.71. The monoisotopic (exact) mass is 497 g/mol. The number of piperazine rings is 1. The van der Waals surface area contributed by atoms with Crippen LogP contribution < -0.4 is 5.32 Å².